The van der Waals surface area contributed by atoms with Crippen molar-refractivity contribution in [3.05, 3.63) is 29.3 Å². The van der Waals surface area contributed by atoms with E-state index in [2.05, 4.69) is 5.32 Å². The van der Waals surface area contributed by atoms with E-state index in [1.165, 1.54) is 18.2 Å². The van der Waals surface area contributed by atoms with Gasteiger partial charge in [-0.1, -0.05) is 6.07 Å². The van der Waals surface area contributed by atoms with E-state index in [-0.39, 0.29) is 67.7 Å². The number of benzene rings is 1. The summed E-state index contributed by atoms with van der Waals surface area (Å²) >= 11 is 0. The molecule has 1 fully saturated rings. The molecule has 0 bridgehead atoms. The first kappa shape index (κ1) is 31.4. The summed E-state index contributed by atoms with van der Waals surface area (Å²) < 4.78 is 39.2. The molecule has 15 heteroatoms. The third kappa shape index (κ3) is 8.97. The minimum atomic E-state index is -1.64. The Morgan fingerprint density at radius 1 is 0.875 bits per heavy atom. The standard InChI is InChI=1S/C25H32N2O12S/c28-20-5-4-18(23(31)26-20)27-24(32)17-2-1-3-19(22(17)25(27)33)40(34)15-14-38-11-10-36-7-6-35-8-9-37-12-13-39-16-21(29)30/h1-3,18H,4-16H2,(H,29,30)(H,26,28,31). The maximum Gasteiger partial charge on any atom is 0.329 e. The number of piperidine rings is 1. The van der Waals surface area contributed by atoms with Crippen LogP contribution in [0, 0.1) is 0 Å². The van der Waals surface area contributed by atoms with Gasteiger partial charge >= 0.3 is 5.97 Å². The zero-order chi connectivity index (χ0) is 28.9. The number of aliphatic carboxylic acids is 1. The fourth-order valence-electron chi connectivity index (χ4n) is 3.96. The monoisotopic (exact) mass is 584 g/mol. The van der Waals surface area contributed by atoms with Crippen LogP contribution < -0.4 is 5.32 Å². The predicted molar refractivity (Wildman–Crippen MR) is 136 cm³/mol. The molecule has 0 radical (unpaired) electrons. The highest BCUT2D eigenvalue weighted by atomic mass is 32.2. The van der Waals surface area contributed by atoms with Gasteiger partial charge in [0.1, 0.15) is 12.6 Å². The molecule has 1 aromatic rings. The van der Waals surface area contributed by atoms with Crippen molar-refractivity contribution in [3.8, 4) is 0 Å². The number of fused-ring (bicyclic) bond motifs is 1. The van der Waals surface area contributed by atoms with Gasteiger partial charge in [-0.3, -0.25) is 33.6 Å². The molecule has 0 saturated carbocycles. The largest absolute Gasteiger partial charge is 0.480 e. The number of carbonyl (C=O) groups excluding carboxylic acids is 4. The number of nitrogens with one attached hydrogen (secondary N) is 1. The van der Waals surface area contributed by atoms with Gasteiger partial charge in [0.15, 0.2) is 0 Å². The van der Waals surface area contributed by atoms with Crippen LogP contribution in [-0.2, 0) is 48.9 Å². The van der Waals surface area contributed by atoms with Crippen molar-refractivity contribution in [3.63, 3.8) is 0 Å². The highest BCUT2D eigenvalue weighted by Crippen LogP contribution is 2.31. The van der Waals surface area contributed by atoms with Gasteiger partial charge in [0.2, 0.25) is 11.8 Å². The zero-order valence-corrected chi connectivity index (χ0v) is 22.6. The van der Waals surface area contributed by atoms with Gasteiger partial charge in [0.25, 0.3) is 11.8 Å². The van der Waals surface area contributed by atoms with E-state index in [0.29, 0.717) is 33.0 Å². The minimum absolute atomic E-state index is 0.00999. The second-order valence-corrected chi connectivity index (χ2v) is 10.1. The van der Waals surface area contributed by atoms with E-state index in [1.54, 1.807) is 0 Å². The van der Waals surface area contributed by atoms with Crippen LogP contribution in [0.3, 0.4) is 0 Å². The summed E-state index contributed by atoms with van der Waals surface area (Å²) in [7, 11) is -1.64. The van der Waals surface area contributed by atoms with E-state index < -0.39 is 46.4 Å². The lowest BCUT2D eigenvalue weighted by atomic mass is 10.0. The molecule has 0 aromatic heterocycles. The summed E-state index contributed by atoms with van der Waals surface area (Å²) in [4.78, 5) is 61.0. The van der Waals surface area contributed by atoms with Gasteiger partial charge in [0.05, 0.1) is 92.0 Å². The third-order valence-electron chi connectivity index (χ3n) is 5.80. The Kier molecular flexibility index (Phi) is 12.8. The van der Waals surface area contributed by atoms with Crippen LogP contribution in [0.2, 0.25) is 0 Å². The number of carbonyl (C=O) groups is 5. The van der Waals surface area contributed by atoms with Crippen LogP contribution in [-0.4, -0.2) is 122 Å². The van der Waals surface area contributed by atoms with Gasteiger partial charge in [-0.25, -0.2) is 4.79 Å². The fourth-order valence-corrected chi connectivity index (χ4v) is 5.10. The molecule has 220 valence electrons. The minimum Gasteiger partial charge on any atom is -0.480 e. The Bertz CT molecular complexity index is 1110. The highest BCUT2D eigenvalue weighted by molar-refractivity contribution is 7.85. The molecule has 40 heavy (non-hydrogen) atoms. The molecule has 1 aromatic carbocycles. The van der Waals surface area contributed by atoms with Crippen molar-refractivity contribution < 1.29 is 57.0 Å². The number of carboxylic acid groups (broad SMARTS) is 1. The molecular weight excluding hydrogens is 552 g/mol. The van der Waals surface area contributed by atoms with Crippen LogP contribution in [0.5, 0.6) is 0 Å². The molecule has 2 atom stereocenters. The molecule has 2 aliphatic rings. The predicted octanol–water partition coefficient (Wildman–Crippen LogP) is -0.637. The van der Waals surface area contributed by atoms with Gasteiger partial charge in [-0.05, 0) is 18.6 Å². The summed E-state index contributed by atoms with van der Waals surface area (Å²) in [5, 5.41) is 10.6. The van der Waals surface area contributed by atoms with Crippen LogP contribution >= 0.6 is 0 Å². The van der Waals surface area contributed by atoms with Crippen LogP contribution in [0.25, 0.3) is 0 Å². The van der Waals surface area contributed by atoms with E-state index >= 15 is 0 Å². The van der Waals surface area contributed by atoms with E-state index in [9.17, 15) is 28.2 Å². The summed E-state index contributed by atoms with van der Waals surface area (Å²) in [6.45, 7) is 2.17. The smallest absolute Gasteiger partial charge is 0.329 e. The molecular formula is C25H32N2O12S. The van der Waals surface area contributed by atoms with Crippen molar-refractivity contribution in [1.82, 2.24) is 10.2 Å². The van der Waals surface area contributed by atoms with Gasteiger partial charge < -0.3 is 28.8 Å². The first-order valence-electron chi connectivity index (χ1n) is 12.6. The molecule has 2 heterocycles. The number of nitrogens with zero attached hydrogens (tertiary/aromatic N) is 1. The number of ether oxygens (including phenoxy) is 5. The Balaban J connectivity index is 1.29. The number of imide groups is 2. The summed E-state index contributed by atoms with van der Waals surface area (Å²) in [5.41, 5.74) is 0.0872. The molecule has 2 N–H and O–H groups in total. The molecule has 4 amide bonds. The number of hydrogen-bond acceptors (Lipinski definition) is 11. The lowest BCUT2D eigenvalue weighted by Crippen LogP contribution is -2.54. The topological polar surface area (TPSA) is 184 Å². The van der Waals surface area contributed by atoms with Crippen LogP contribution in [0.4, 0.5) is 0 Å². The number of amides is 4. The van der Waals surface area contributed by atoms with Crippen LogP contribution in [0.1, 0.15) is 33.6 Å². The normalized spacial score (nSPS) is 17.7. The van der Waals surface area contributed by atoms with Crippen molar-refractivity contribution in [2.24, 2.45) is 0 Å². The average molecular weight is 585 g/mol. The fraction of sp³-hybridized carbons (Fsp3) is 0.560. The lowest BCUT2D eigenvalue weighted by Gasteiger charge is -2.27. The summed E-state index contributed by atoms with van der Waals surface area (Å²) in [5.74, 6) is -3.47. The second kappa shape index (κ2) is 16.2. The van der Waals surface area contributed by atoms with Crippen LogP contribution in [0.15, 0.2) is 23.1 Å². The highest BCUT2D eigenvalue weighted by Gasteiger charge is 2.46. The maximum absolute atomic E-state index is 13.1. The molecule has 14 nitrogen and oxygen atoms in total. The zero-order valence-electron chi connectivity index (χ0n) is 21.8. The van der Waals surface area contributed by atoms with E-state index in [1.807, 2.05) is 0 Å². The number of carboxylic acids is 1. The summed E-state index contributed by atoms with van der Waals surface area (Å²) in [6, 6.07) is 3.40. The average Bonchev–Trinajstić information content (AvgIpc) is 3.17. The Labute approximate surface area is 232 Å². The van der Waals surface area contributed by atoms with Crippen molar-refractivity contribution in [2.45, 2.75) is 23.8 Å². The second-order valence-electron chi connectivity index (χ2n) is 8.57. The number of rotatable bonds is 19. The van der Waals surface area contributed by atoms with Crippen molar-refractivity contribution in [2.75, 3.05) is 71.8 Å². The van der Waals surface area contributed by atoms with E-state index in [4.69, 9.17) is 28.8 Å². The van der Waals surface area contributed by atoms with Crippen molar-refractivity contribution in [1.29, 1.82) is 0 Å². The molecule has 0 aliphatic carbocycles. The third-order valence-corrected chi connectivity index (χ3v) is 7.17. The molecule has 1 saturated heterocycles. The number of hydrogen-bond donors (Lipinski definition) is 2. The van der Waals surface area contributed by atoms with Crippen molar-refractivity contribution >= 4 is 40.4 Å². The quantitative estimate of drug-likeness (QED) is 0.155. The van der Waals surface area contributed by atoms with E-state index in [0.717, 1.165) is 4.90 Å². The first-order valence-corrected chi connectivity index (χ1v) is 14.0. The maximum atomic E-state index is 13.1. The van der Waals surface area contributed by atoms with Gasteiger partial charge in [0, 0.05) is 6.42 Å². The van der Waals surface area contributed by atoms with Gasteiger partial charge in [-0.2, -0.15) is 0 Å². The molecule has 2 unspecified atom stereocenters. The molecule has 3 rings (SSSR count). The Morgan fingerprint density at radius 3 is 2.02 bits per heavy atom. The van der Waals surface area contributed by atoms with Gasteiger partial charge in [-0.15, -0.1) is 0 Å². The Morgan fingerprint density at radius 2 is 1.45 bits per heavy atom. The first-order chi connectivity index (χ1) is 19.3. The molecule has 0 spiro atoms. The summed E-state index contributed by atoms with van der Waals surface area (Å²) in [6.07, 6.45) is 0.0546. The Hall–Kier alpha value is -3.08. The lowest BCUT2D eigenvalue weighted by molar-refractivity contribution is -0.143. The SMILES string of the molecule is O=C(O)COCCOCCOCCOCCOCCS(=O)c1cccc2c1C(=O)N(C1CCC(=O)NC1=O)C2=O. The molecule has 2 aliphatic heterocycles.